The number of aromatic nitrogens is 2. The van der Waals surface area contributed by atoms with Gasteiger partial charge in [0.1, 0.15) is 5.82 Å². The minimum Gasteiger partial charge on any atom is -0.396 e. The SMILES string of the molecule is CC(C)(C)c1ccc2nc(C(N)CCO)[nH]c2c1. The van der Waals surface area contributed by atoms with Crippen LogP contribution in [0.4, 0.5) is 0 Å². The molecule has 4 nitrogen and oxygen atoms in total. The van der Waals surface area contributed by atoms with Gasteiger partial charge in [-0.1, -0.05) is 26.8 Å². The molecule has 0 aliphatic rings. The predicted molar refractivity (Wildman–Crippen MR) is 73.4 cm³/mol. The van der Waals surface area contributed by atoms with Gasteiger partial charge in [0.25, 0.3) is 0 Å². The van der Waals surface area contributed by atoms with E-state index >= 15 is 0 Å². The second kappa shape index (κ2) is 4.71. The molecular formula is C14H21N3O. The van der Waals surface area contributed by atoms with Crippen LogP contribution in [-0.4, -0.2) is 21.7 Å². The van der Waals surface area contributed by atoms with E-state index in [1.807, 2.05) is 6.07 Å². The summed E-state index contributed by atoms with van der Waals surface area (Å²) in [4.78, 5) is 7.71. The molecule has 0 fully saturated rings. The van der Waals surface area contributed by atoms with Crippen LogP contribution in [0.5, 0.6) is 0 Å². The molecule has 98 valence electrons. The molecule has 0 radical (unpaired) electrons. The van der Waals surface area contributed by atoms with Crippen LogP contribution < -0.4 is 5.73 Å². The summed E-state index contributed by atoms with van der Waals surface area (Å²) in [5.41, 5.74) is 9.25. The summed E-state index contributed by atoms with van der Waals surface area (Å²) in [6.45, 7) is 6.63. The van der Waals surface area contributed by atoms with Crippen LogP contribution in [0.25, 0.3) is 11.0 Å². The number of nitrogens with zero attached hydrogens (tertiary/aromatic N) is 1. The van der Waals surface area contributed by atoms with E-state index in [0.29, 0.717) is 6.42 Å². The topological polar surface area (TPSA) is 74.9 Å². The first kappa shape index (κ1) is 13.1. The van der Waals surface area contributed by atoms with Crippen molar-refractivity contribution in [1.82, 2.24) is 9.97 Å². The zero-order valence-corrected chi connectivity index (χ0v) is 11.2. The van der Waals surface area contributed by atoms with E-state index in [2.05, 4.69) is 42.9 Å². The lowest BCUT2D eigenvalue weighted by molar-refractivity contribution is 0.275. The molecule has 1 unspecified atom stereocenters. The fourth-order valence-corrected chi connectivity index (χ4v) is 1.95. The molecule has 0 saturated heterocycles. The average molecular weight is 247 g/mol. The van der Waals surface area contributed by atoms with Gasteiger partial charge >= 0.3 is 0 Å². The normalized spacial score (nSPS) is 14.1. The monoisotopic (exact) mass is 247 g/mol. The Morgan fingerprint density at radius 3 is 2.72 bits per heavy atom. The van der Waals surface area contributed by atoms with Crippen molar-refractivity contribution in [1.29, 1.82) is 0 Å². The summed E-state index contributed by atoms with van der Waals surface area (Å²) < 4.78 is 0. The van der Waals surface area contributed by atoms with Crippen molar-refractivity contribution in [3.05, 3.63) is 29.6 Å². The maximum Gasteiger partial charge on any atom is 0.124 e. The van der Waals surface area contributed by atoms with Gasteiger partial charge in [-0.2, -0.15) is 0 Å². The summed E-state index contributed by atoms with van der Waals surface area (Å²) in [5, 5.41) is 8.90. The van der Waals surface area contributed by atoms with Gasteiger partial charge in [0.2, 0.25) is 0 Å². The summed E-state index contributed by atoms with van der Waals surface area (Å²) in [5.74, 6) is 0.741. The quantitative estimate of drug-likeness (QED) is 0.778. The molecule has 2 aromatic rings. The number of imidazole rings is 1. The van der Waals surface area contributed by atoms with Gasteiger partial charge in [0.05, 0.1) is 17.1 Å². The Morgan fingerprint density at radius 2 is 2.11 bits per heavy atom. The number of hydrogen-bond acceptors (Lipinski definition) is 3. The highest BCUT2D eigenvalue weighted by Gasteiger charge is 2.16. The highest BCUT2D eigenvalue weighted by Crippen LogP contribution is 2.26. The Bertz CT molecular complexity index is 539. The molecule has 1 heterocycles. The van der Waals surface area contributed by atoms with Gasteiger partial charge in [-0.05, 0) is 29.5 Å². The Labute approximate surface area is 107 Å². The van der Waals surface area contributed by atoms with E-state index in [4.69, 9.17) is 10.8 Å². The standard InChI is InChI=1S/C14H21N3O/c1-14(2,3)9-4-5-11-12(8-9)17-13(16-11)10(15)6-7-18/h4-5,8,10,18H,6-7,15H2,1-3H3,(H,16,17). The van der Waals surface area contributed by atoms with Crippen molar-refractivity contribution in [2.75, 3.05) is 6.61 Å². The molecular weight excluding hydrogens is 226 g/mol. The lowest BCUT2D eigenvalue weighted by atomic mass is 9.87. The van der Waals surface area contributed by atoms with Gasteiger partial charge in [-0.3, -0.25) is 0 Å². The molecule has 0 bridgehead atoms. The average Bonchev–Trinajstić information content (AvgIpc) is 2.70. The number of hydrogen-bond donors (Lipinski definition) is 3. The number of H-pyrrole nitrogens is 1. The first-order valence-electron chi connectivity index (χ1n) is 6.28. The van der Waals surface area contributed by atoms with E-state index in [1.165, 1.54) is 5.56 Å². The molecule has 4 heteroatoms. The Hall–Kier alpha value is -1.39. The van der Waals surface area contributed by atoms with Crippen LogP contribution >= 0.6 is 0 Å². The van der Waals surface area contributed by atoms with Crippen LogP contribution in [-0.2, 0) is 5.41 Å². The van der Waals surface area contributed by atoms with Crippen molar-refractivity contribution in [2.24, 2.45) is 5.73 Å². The zero-order chi connectivity index (χ0) is 13.3. The molecule has 0 saturated carbocycles. The number of benzene rings is 1. The number of nitrogens with one attached hydrogen (secondary N) is 1. The molecule has 18 heavy (non-hydrogen) atoms. The summed E-state index contributed by atoms with van der Waals surface area (Å²) in [7, 11) is 0. The highest BCUT2D eigenvalue weighted by atomic mass is 16.3. The van der Waals surface area contributed by atoms with E-state index < -0.39 is 0 Å². The molecule has 0 spiro atoms. The van der Waals surface area contributed by atoms with Crippen LogP contribution in [0.2, 0.25) is 0 Å². The molecule has 0 amide bonds. The summed E-state index contributed by atoms with van der Waals surface area (Å²) in [6, 6.07) is 6.00. The van der Waals surface area contributed by atoms with Crippen molar-refractivity contribution >= 4 is 11.0 Å². The van der Waals surface area contributed by atoms with E-state index in [1.54, 1.807) is 0 Å². The number of fused-ring (bicyclic) bond motifs is 1. The fraction of sp³-hybridized carbons (Fsp3) is 0.500. The van der Waals surface area contributed by atoms with Crippen molar-refractivity contribution in [3.63, 3.8) is 0 Å². The van der Waals surface area contributed by atoms with E-state index in [-0.39, 0.29) is 18.1 Å². The Balaban J connectivity index is 2.40. The third-order valence-corrected chi connectivity index (χ3v) is 3.16. The Kier molecular flexibility index (Phi) is 3.41. The van der Waals surface area contributed by atoms with Crippen LogP contribution in [0, 0.1) is 0 Å². The minimum absolute atomic E-state index is 0.0749. The van der Waals surface area contributed by atoms with E-state index in [9.17, 15) is 0 Å². The Morgan fingerprint density at radius 1 is 1.39 bits per heavy atom. The molecule has 4 N–H and O–H groups in total. The first-order valence-corrected chi connectivity index (χ1v) is 6.28. The van der Waals surface area contributed by atoms with Crippen LogP contribution in [0.15, 0.2) is 18.2 Å². The lowest BCUT2D eigenvalue weighted by Gasteiger charge is -2.18. The fourth-order valence-electron chi connectivity index (χ4n) is 1.95. The number of aliphatic hydroxyl groups is 1. The zero-order valence-electron chi connectivity index (χ0n) is 11.2. The summed E-state index contributed by atoms with van der Waals surface area (Å²) in [6.07, 6.45) is 0.520. The van der Waals surface area contributed by atoms with Gasteiger partial charge in [-0.15, -0.1) is 0 Å². The highest BCUT2D eigenvalue weighted by molar-refractivity contribution is 5.76. The van der Waals surface area contributed by atoms with Gasteiger partial charge in [-0.25, -0.2) is 4.98 Å². The van der Waals surface area contributed by atoms with Gasteiger partial charge in [0, 0.05) is 6.61 Å². The molecule has 1 atom stereocenters. The summed E-state index contributed by atoms with van der Waals surface area (Å²) >= 11 is 0. The maximum absolute atomic E-state index is 8.90. The predicted octanol–water partition coefficient (Wildman–Crippen LogP) is 2.24. The number of rotatable bonds is 3. The molecule has 0 aliphatic heterocycles. The smallest absolute Gasteiger partial charge is 0.124 e. The lowest BCUT2D eigenvalue weighted by Crippen LogP contribution is -2.13. The van der Waals surface area contributed by atoms with Crippen molar-refractivity contribution in [3.8, 4) is 0 Å². The van der Waals surface area contributed by atoms with Crippen molar-refractivity contribution < 1.29 is 5.11 Å². The number of aliphatic hydroxyl groups excluding tert-OH is 1. The van der Waals surface area contributed by atoms with Gasteiger partial charge in [0.15, 0.2) is 0 Å². The van der Waals surface area contributed by atoms with Gasteiger partial charge < -0.3 is 15.8 Å². The third-order valence-electron chi connectivity index (χ3n) is 3.16. The van der Waals surface area contributed by atoms with Crippen LogP contribution in [0.1, 0.15) is 44.6 Å². The number of aromatic amines is 1. The second-order valence-corrected chi connectivity index (χ2v) is 5.72. The molecule has 2 rings (SSSR count). The largest absolute Gasteiger partial charge is 0.396 e. The third kappa shape index (κ3) is 2.54. The molecule has 0 aliphatic carbocycles. The van der Waals surface area contributed by atoms with Crippen molar-refractivity contribution in [2.45, 2.75) is 38.6 Å². The minimum atomic E-state index is -0.236. The van der Waals surface area contributed by atoms with E-state index in [0.717, 1.165) is 16.9 Å². The maximum atomic E-state index is 8.90. The van der Waals surface area contributed by atoms with Crippen LogP contribution in [0.3, 0.4) is 0 Å². The second-order valence-electron chi connectivity index (χ2n) is 5.72. The first-order chi connectivity index (χ1) is 8.41. The number of nitrogens with two attached hydrogens (primary N) is 1. The molecule has 1 aromatic carbocycles. The molecule has 1 aromatic heterocycles.